The van der Waals surface area contributed by atoms with Gasteiger partial charge in [0.1, 0.15) is 5.56 Å². The summed E-state index contributed by atoms with van der Waals surface area (Å²) in [7, 11) is 0. The largest absolute Gasteiger partial charge is 0.342 e. The predicted molar refractivity (Wildman–Crippen MR) is 38.7 cm³/mol. The summed E-state index contributed by atoms with van der Waals surface area (Å²) in [5, 5.41) is 10.2. The van der Waals surface area contributed by atoms with E-state index in [1.54, 1.807) is 0 Å². The van der Waals surface area contributed by atoms with Gasteiger partial charge in [0, 0.05) is 6.20 Å². The number of aromatic nitrogens is 1. The van der Waals surface area contributed by atoms with Crippen molar-refractivity contribution in [2.45, 2.75) is 6.43 Å². The van der Waals surface area contributed by atoms with Crippen molar-refractivity contribution in [3.05, 3.63) is 38.3 Å². The first-order chi connectivity index (χ1) is 6.04. The molecule has 13 heavy (non-hydrogen) atoms. The van der Waals surface area contributed by atoms with Crippen molar-refractivity contribution in [1.82, 2.24) is 4.98 Å². The molecule has 0 saturated carbocycles. The number of alkyl halides is 2. The van der Waals surface area contributed by atoms with Crippen LogP contribution < -0.4 is 5.56 Å². The molecule has 0 radical (unpaired) electrons. The zero-order chi connectivity index (χ0) is 10.0. The van der Waals surface area contributed by atoms with Crippen LogP contribution in [0.15, 0.2) is 17.1 Å². The van der Waals surface area contributed by atoms with Crippen molar-refractivity contribution in [3.8, 4) is 0 Å². The molecule has 1 aromatic heterocycles. The number of H-pyrrole nitrogens is 1. The number of halogens is 2. The van der Waals surface area contributed by atoms with E-state index in [-0.39, 0.29) is 0 Å². The topological polar surface area (TPSA) is 76.0 Å². The van der Waals surface area contributed by atoms with Crippen LogP contribution in [0, 0.1) is 10.1 Å². The Kier molecular flexibility index (Phi) is 2.36. The van der Waals surface area contributed by atoms with Crippen LogP contribution in [-0.4, -0.2) is 9.91 Å². The number of aromatic amines is 1. The van der Waals surface area contributed by atoms with E-state index in [9.17, 15) is 23.7 Å². The Morgan fingerprint density at radius 3 is 2.54 bits per heavy atom. The van der Waals surface area contributed by atoms with Crippen LogP contribution in [0.3, 0.4) is 0 Å². The first-order valence-electron chi connectivity index (χ1n) is 3.18. The summed E-state index contributed by atoms with van der Waals surface area (Å²) in [6, 6.07) is 0.810. The van der Waals surface area contributed by atoms with E-state index in [1.807, 2.05) is 4.98 Å². The molecule has 0 saturated heterocycles. The number of nitrogens with zero attached hydrogens (tertiary/aromatic N) is 1. The fourth-order valence-corrected chi connectivity index (χ4v) is 0.850. The van der Waals surface area contributed by atoms with Gasteiger partial charge in [-0.15, -0.1) is 0 Å². The smallest absolute Gasteiger partial charge is 0.323 e. The lowest BCUT2D eigenvalue weighted by Gasteiger charge is -1.98. The zero-order valence-electron chi connectivity index (χ0n) is 6.16. The third kappa shape index (κ3) is 1.68. The Balaban J connectivity index is 3.43. The summed E-state index contributed by atoms with van der Waals surface area (Å²) in [5.41, 5.74) is -3.09. The number of hydrogen-bond acceptors (Lipinski definition) is 3. The maximum absolute atomic E-state index is 12.1. The first kappa shape index (κ1) is 9.30. The number of hydrogen-bond donors (Lipinski definition) is 1. The molecule has 0 aromatic carbocycles. The Bertz CT molecular complexity index is 388. The first-order valence-corrected chi connectivity index (χ1v) is 3.18. The average molecular weight is 190 g/mol. The van der Waals surface area contributed by atoms with E-state index in [0.717, 1.165) is 12.3 Å². The Morgan fingerprint density at radius 2 is 2.15 bits per heavy atom. The number of rotatable bonds is 2. The fraction of sp³-hybridized carbons (Fsp3) is 0.167. The molecule has 70 valence electrons. The van der Waals surface area contributed by atoms with Gasteiger partial charge in [-0.05, 0) is 6.07 Å². The second-order valence-corrected chi connectivity index (χ2v) is 2.17. The molecule has 0 atom stereocenters. The monoisotopic (exact) mass is 190 g/mol. The lowest BCUT2D eigenvalue weighted by atomic mass is 10.2. The lowest BCUT2D eigenvalue weighted by molar-refractivity contribution is -0.387. The molecule has 1 N–H and O–H groups in total. The van der Waals surface area contributed by atoms with Crippen LogP contribution in [0.25, 0.3) is 0 Å². The van der Waals surface area contributed by atoms with Crippen LogP contribution in [-0.2, 0) is 0 Å². The van der Waals surface area contributed by atoms with Crippen molar-refractivity contribution < 1.29 is 13.7 Å². The maximum atomic E-state index is 12.1. The molecule has 0 spiro atoms. The quantitative estimate of drug-likeness (QED) is 0.562. The van der Waals surface area contributed by atoms with Gasteiger partial charge in [0.25, 0.3) is 6.43 Å². The van der Waals surface area contributed by atoms with Gasteiger partial charge in [-0.2, -0.15) is 0 Å². The summed E-state index contributed by atoms with van der Waals surface area (Å²) >= 11 is 0. The molecule has 0 bridgehead atoms. The molecule has 1 heterocycles. The van der Waals surface area contributed by atoms with E-state index in [4.69, 9.17) is 0 Å². The number of nitro groups is 1. The van der Waals surface area contributed by atoms with Crippen molar-refractivity contribution >= 4 is 5.69 Å². The average Bonchev–Trinajstić information content (AvgIpc) is 2.02. The van der Waals surface area contributed by atoms with Gasteiger partial charge in [0.15, 0.2) is 0 Å². The van der Waals surface area contributed by atoms with E-state index >= 15 is 0 Å². The normalized spacial score (nSPS) is 10.4. The fourth-order valence-electron chi connectivity index (χ4n) is 0.850. The minimum absolute atomic E-state index is 0.810. The summed E-state index contributed by atoms with van der Waals surface area (Å²) in [5.74, 6) is 0. The second kappa shape index (κ2) is 3.30. The number of nitrogens with one attached hydrogen (secondary N) is 1. The number of pyridine rings is 1. The Hall–Kier alpha value is -1.79. The van der Waals surface area contributed by atoms with Gasteiger partial charge in [0.05, 0.1) is 4.92 Å². The van der Waals surface area contributed by atoms with E-state index < -0.39 is 28.2 Å². The molecule has 0 aliphatic rings. The molecule has 0 aliphatic carbocycles. The van der Waals surface area contributed by atoms with E-state index in [1.165, 1.54) is 0 Å². The SMILES string of the molecule is O=c1[nH]ccc(C(F)F)c1[N+](=O)[O-]. The molecule has 1 aromatic rings. The summed E-state index contributed by atoms with van der Waals surface area (Å²) in [6.07, 6.45) is -2.08. The predicted octanol–water partition coefficient (Wildman–Crippen LogP) is 1.22. The van der Waals surface area contributed by atoms with Gasteiger partial charge in [0.2, 0.25) is 0 Å². The van der Waals surface area contributed by atoms with E-state index in [2.05, 4.69) is 0 Å². The molecule has 7 heteroatoms. The van der Waals surface area contributed by atoms with Crippen LogP contribution in [0.4, 0.5) is 14.5 Å². The minimum Gasteiger partial charge on any atom is -0.323 e. The van der Waals surface area contributed by atoms with Crippen molar-refractivity contribution in [2.75, 3.05) is 0 Å². The molecule has 0 unspecified atom stereocenters. The van der Waals surface area contributed by atoms with Gasteiger partial charge in [-0.25, -0.2) is 8.78 Å². The Labute approximate surface area is 70.2 Å². The third-order valence-corrected chi connectivity index (χ3v) is 1.38. The molecule has 0 aliphatic heterocycles. The molecule has 0 amide bonds. The van der Waals surface area contributed by atoms with Crippen molar-refractivity contribution in [3.63, 3.8) is 0 Å². The van der Waals surface area contributed by atoms with Crippen LogP contribution in [0.1, 0.15) is 12.0 Å². The van der Waals surface area contributed by atoms with Gasteiger partial charge in [-0.3, -0.25) is 14.9 Å². The highest BCUT2D eigenvalue weighted by Gasteiger charge is 2.24. The Morgan fingerprint density at radius 1 is 1.54 bits per heavy atom. The van der Waals surface area contributed by atoms with Crippen molar-refractivity contribution in [1.29, 1.82) is 0 Å². The van der Waals surface area contributed by atoms with Gasteiger partial charge >= 0.3 is 11.2 Å². The highest BCUT2D eigenvalue weighted by Crippen LogP contribution is 2.24. The zero-order valence-corrected chi connectivity index (χ0v) is 6.16. The third-order valence-electron chi connectivity index (χ3n) is 1.38. The van der Waals surface area contributed by atoms with Crippen LogP contribution >= 0.6 is 0 Å². The van der Waals surface area contributed by atoms with Gasteiger partial charge < -0.3 is 4.98 Å². The second-order valence-electron chi connectivity index (χ2n) is 2.17. The van der Waals surface area contributed by atoms with Crippen LogP contribution in [0.2, 0.25) is 0 Å². The highest BCUT2D eigenvalue weighted by molar-refractivity contribution is 5.37. The minimum atomic E-state index is -3.03. The van der Waals surface area contributed by atoms with Crippen molar-refractivity contribution in [2.24, 2.45) is 0 Å². The summed E-state index contributed by atoms with van der Waals surface area (Å²) in [6.45, 7) is 0. The highest BCUT2D eigenvalue weighted by atomic mass is 19.3. The molecule has 0 fully saturated rings. The molecular formula is C6H4F2N2O3. The molecule has 5 nitrogen and oxygen atoms in total. The summed E-state index contributed by atoms with van der Waals surface area (Å²) < 4.78 is 24.2. The standard InChI is InChI=1S/C6H4F2N2O3/c7-5(8)3-1-2-9-6(11)4(3)10(12)13/h1-2,5H,(H,9,11). The van der Waals surface area contributed by atoms with E-state index in [0.29, 0.717) is 0 Å². The van der Waals surface area contributed by atoms with Crippen LogP contribution in [0.5, 0.6) is 0 Å². The summed E-state index contributed by atoms with van der Waals surface area (Å²) in [4.78, 5) is 21.8. The molecule has 1 rings (SSSR count). The van der Waals surface area contributed by atoms with Gasteiger partial charge in [-0.1, -0.05) is 0 Å². The molecular weight excluding hydrogens is 186 g/mol. The lowest BCUT2D eigenvalue weighted by Crippen LogP contribution is -2.13. The maximum Gasteiger partial charge on any atom is 0.342 e.